The molecule has 8 nitrogen and oxygen atoms in total. The fourth-order valence-corrected chi connectivity index (χ4v) is 3.45. The Morgan fingerprint density at radius 2 is 1.74 bits per heavy atom. The van der Waals surface area contributed by atoms with Crippen LogP contribution < -0.4 is 16.6 Å². The van der Waals surface area contributed by atoms with Gasteiger partial charge in [-0.15, -0.1) is 0 Å². The molecule has 3 rings (SSSR count). The van der Waals surface area contributed by atoms with Crippen LogP contribution in [0.25, 0.3) is 0 Å². The van der Waals surface area contributed by atoms with Gasteiger partial charge in [0.05, 0.1) is 19.1 Å². The molecule has 0 radical (unpaired) electrons. The SMILES string of the molecule is COC(=O)C(C)(C)Cn1c(=O)cc(Nc2cccc(C(F)(F)F)n2)n(Cc2ccc(Cl)cc2)c1=O. The average Bonchev–Trinajstić information content (AvgIpc) is 2.79. The lowest BCUT2D eigenvalue weighted by Crippen LogP contribution is -2.45. The van der Waals surface area contributed by atoms with Gasteiger partial charge in [-0.05, 0) is 43.7 Å². The molecule has 2 aromatic heterocycles. The highest BCUT2D eigenvalue weighted by atomic mass is 35.5. The zero-order valence-corrected chi connectivity index (χ0v) is 19.8. The van der Waals surface area contributed by atoms with Crippen LogP contribution >= 0.6 is 11.6 Å². The Balaban J connectivity index is 2.12. The second-order valence-electron chi connectivity index (χ2n) is 8.36. The summed E-state index contributed by atoms with van der Waals surface area (Å²) >= 11 is 5.93. The molecule has 1 aromatic carbocycles. The Morgan fingerprint density at radius 1 is 1.09 bits per heavy atom. The van der Waals surface area contributed by atoms with Crippen molar-refractivity contribution in [3.05, 3.63) is 85.6 Å². The van der Waals surface area contributed by atoms with E-state index in [9.17, 15) is 27.6 Å². The van der Waals surface area contributed by atoms with Gasteiger partial charge in [0.25, 0.3) is 5.56 Å². The first-order valence-electron chi connectivity index (χ1n) is 10.3. The van der Waals surface area contributed by atoms with E-state index in [4.69, 9.17) is 16.3 Å². The molecule has 3 aromatic rings. The quantitative estimate of drug-likeness (QED) is 0.481. The van der Waals surface area contributed by atoms with E-state index in [1.54, 1.807) is 24.3 Å². The highest BCUT2D eigenvalue weighted by Gasteiger charge is 2.33. The van der Waals surface area contributed by atoms with Gasteiger partial charge in [0.15, 0.2) is 0 Å². The molecule has 0 spiro atoms. The number of pyridine rings is 1. The standard InChI is InChI=1S/C23H22ClF3N4O4/c1-22(2,20(33)35-3)13-31-19(32)11-18(29-17-6-4-5-16(28-17)23(25,26)27)30(21(31)34)12-14-7-9-15(24)10-8-14/h4-11H,12-13H2,1-3H3,(H,28,29). The number of nitrogens with one attached hydrogen (secondary N) is 1. The lowest BCUT2D eigenvalue weighted by Gasteiger charge is -2.23. The first-order valence-corrected chi connectivity index (χ1v) is 10.7. The van der Waals surface area contributed by atoms with Gasteiger partial charge in [-0.1, -0.05) is 29.8 Å². The summed E-state index contributed by atoms with van der Waals surface area (Å²) in [5, 5.41) is 3.11. The van der Waals surface area contributed by atoms with Crippen LogP contribution in [-0.2, 0) is 28.8 Å². The summed E-state index contributed by atoms with van der Waals surface area (Å²) in [6, 6.07) is 10.8. The van der Waals surface area contributed by atoms with Crippen molar-refractivity contribution in [1.29, 1.82) is 0 Å². The zero-order chi connectivity index (χ0) is 26.0. The van der Waals surface area contributed by atoms with E-state index in [0.717, 1.165) is 22.8 Å². The molecule has 0 amide bonds. The molecule has 0 saturated carbocycles. The molecular weight excluding hydrogens is 489 g/mol. The molecule has 2 heterocycles. The van der Waals surface area contributed by atoms with Crippen LogP contribution in [0.1, 0.15) is 25.1 Å². The summed E-state index contributed by atoms with van der Waals surface area (Å²) in [6.07, 6.45) is -4.68. The van der Waals surface area contributed by atoms with Crippen LogP contribution in [-0.4, -0.2) is 27.2 Å². The maximum atomic E-state index is 13.4. The van der Waals surface area contributed by atoms with Crippen molar-refractivity contribution in [2.24, 2.45) is 5.41 Å². The highest BCUT2D eigenvalue weighted by Crippen LogP contribution is 2.28. The number of carbonyl (C=O) groups is 1. The summed E-state index contributed by atoms with van der Waals surface area (Å²) in [5.74, 6) is -0.909. The Labute approximate surface area is 202 Å². The number of halogens is 4. The molecule has 0 aliphatic heterocycles. The predicted octanol–water partition coefficient (Wildman–Crippen LogP) is 4.07. The van der Waals surface area contributed by atoms with Gasteiger partial charge in [-0.25, -0.2) is 9.78 Å². The van der Waals surface area contributed by atoms with E-state index in [1.165, 1.54) is 31.6 Å². The molecule has 0 bridgehead atoms. The maximum absolute atomic E-state index is 13.4. The van der Waals surface area contributed by atoms with Gasteiger partial charge < -0.3 is 10.1 Å². The maximum Gasteiger partial charge on any atom is 0.433 e. The number of rotatable bonds is 7. The number of ether oxygens (including phenoxy) is 1. The first kappa shape index (κ1) is 26.0. The Hall–Kier alpha value is -3.60. The van der Waals surface area contributed by atoms with Crippen LogP contribution in [0.3, 0.4) is 0 Å². The van der Waals surface area contributed by atoms with Crippen molar-refractivity contribution in [2.45, 2.75) is 33.1 Å². The van der Waals surface area contributed by atoms with Crippen LogP contribution in [0.2, 0.25) is 5.02 Å². The van der Waals surface area contributed by atoms with Crippen molar-refractivity contribution in [1.82, 2.24) is 14.1 Å². The van der Waals surface area contributed by atoms with Crippen LogP contribution in [0, 0.1) is 5.41 Å². The number of anilines is 2. The molecule has 0 aliphatic carbocycles. The third kappa shape index (κ3) is 6.10. The van der Waals surface area contributed by atoms with Crippen LogP contribution in [0.5, 0.6) is 0 Å². The molecule has 0 aliphatic rings. The molecule has 186 valence electrons. The van der Waals surface area contributed by atoms with Crippen molar-refractivity contribution in [3.63, 3.8) is 0 Å². The number of aromatic nitrogens is 3. The number of nitrogens with zero attached hydrogens (tertiary/aromatic N) is 3. The normalized spacial score (nSPS) is 11.9. The van der Waals surface area contributed by atoms with Crippen molar-refractivity contribution < 1.29 is 22.7 Å². The highest BCUT2D eigenvalue weighted by molar-refractivity contribution is 6.30. The van der Waals surface area contributed by atoms with Crippen molar-refractivity contribution >= 4 is 29.2 Å². The van der Waals surface area contributed by atoms with E-state index in [0.29, 0.717) is 10.6 Å². The molecule has 12 heteroatoms. The van der Waals surface area contributed by atoms with E-state index < -0.39 is 34.5 Å². The largest absolute Gasteiger partial charge is 0.469 e. The number of benzene rings is 1. The number of esters is 1. The Kier molecular flexibility index (Phi) is 7.39. The van der Waals surface area contributed by atoms with Gasteiger partial charge in [0.2, 0.25) is 0 Å². The monoisotopic (exact) mass is 510 g/mol. The fourth-order valence-electron chi connectivity index (χ4n) is 3.32. The lowest BCUT2D eigenvalue weighted by atomic mass is 9.93. The summed E-state index contributed by atoms with van der Waals surface area (Å²) in [6.45, 7) is 2.72. The second-order valence-corrected chi connectivity index (χ2v) is 8.79. The number of methoxy groups -OCH3 is 1. The summed E-state index contributed by atoms with van der Waals surface area (Å²) in [5.41, 5.74) is -3.24. The lowest BCUT2D eigenvalue weighted by molar-refractivity contribution is -0.151. The van der Waals surface area contributed by atoms with Crippen molar-refractivity contribution in [2.75, 3.05) is 12.4 Å². The third-order valence-electron chi connectivity index (χ3n) is 5.12. The van der Waals surface area contributed by atoms with Gasteiger partial charge in [-0.3, -0.25) is 18.7 Å². The smallest absolute Gasteiger partial charge is 0.433 e. The van der Waals surface area contributed by atoms with Crippen LogP contribution in [0.15, 0.2) is 58.1 Å². The topological polar surface area (TPSA) is 95.2 Å². The molecule has 35 heavy (non-hydrogen) atoms. The van der Waals surface area contributed by atoms with E-state index in [1.807, 2.05) is 0 Å². The summed E-state index contributed by atoms with van der Waals surface area (Å²) in [7, 11) is 1.20. The summed E-state index contributed by atoms with van der Waals surface area (Å²) in [4.78, 5) is 41.9. The molecule has 0 atom stereocenters. The van der Waals surface area contributed by atoms with Gasteiger partial charge in [0.1, 0.15) is 17.3 Å². The van der Waals surface area contributed by atoms with Gasteiger partial charge in [-0.2, -0.15) is 13.2 Å². The first-order chi connectivity index (χ1) is 16.3. The Bertz CT molecular complexity index is 1350. The van der Waals surface area contributed by atoms with E-state index in [-0.39, 0.29) is 24.7 Å². The number of carbonyl (C=O) groups excluding carboxylic acids is 1. The van der Waals surface area contributed by atoms with Gasteiger partial charge >= 0.3 is 17.8 Å². The van der Waals surface area contributed by atoms with Crippen LogP contribution in [0.4, 0.5) is 24.8 Å². The molecule has 0 fully saturated rings. The van der Waals surface area contributed by atoms with E-state index >= 15 is 0 Å². The minimum Gasteiger partial charge on any atom is -0.469 e. The molecule has 1 N–H and O–H groups in total. The van der Waals surface area contributed by atoms with Gasteiger partial charge in [0, 0.05) is 17.6 Å². The minimum atomic E-state index is -4.68. The second kappa shape index (κ2) is 9.95. The minimum absolute atomic E-state index is 0.0454. The Morgan fingerprint density at radius 3 is 2.34 bits per heavy atom. The third-order valence-corrected chi connectivity index (χ3v) is 5.37. The number of hydrogen-bond donors (Lipinski definition) is 1. The number of alkyl halides is 3. The van der Waals surface area contributed by atoms with Crippen molar-refractivity contribution in [3.8, 4) is 0 Å². The molecule has 0 saturated heterocycles. The van der Waals surface area contributed by atoms with E-state index in [2.05, 4.69) is 10.3 Å². The zero-order valence-electron chi connectivity index (χ0n) is 19.0. The summed E-state index contributed by atoms with van der Waals surface area (Å²) < 4.78 is 46.1. The molecule has 0 unspecified atom stereocenters. The number of hydrogen-bond acceptors (Lipinski definition) is 6. The molecular formula is C23H22ClF3N4O4. The average molecular weight is 511 g/mol. The predicted molar refractivity (Wildman–Crippen MR) is 124 cm³/mol. The fraction of sp³-hybridized carbons (Fsp3) is 0.304.